The van der Waals surface area contributed by atoms with Gasteiger partial charge in [-0.15, -0.1) is 11.3 Å². The van der Waals surface area contributed by atoms with E-state index in [1.54, 1.807) is 35.6 Å². The fourth-order valence-corrected chi connectivity index (χ4v) is 4.39. The van der Waals surface area contributed by atoms with Crippen molar-refractivity contribution in [3.8, 4) is 5.75 Å². The van der Waals surface area contributed by atoms with Crippen LogP contribution in [0.15, 0.2) is 60.7 Å². The van der Waals surface area contributed by atoms with Crippen molar-refractivity contribution in [3.05, 3.63) is 87.1 Å². The lowest BCUT2D eigenvalue weighted by Crippen LogP contribution is -2.47. The molecule has 3 aromatic rings. The first-order chi connectivity index (χ1) is 14.8. The van der Waals surface area contributed by atoms with Crippen LogP contribution in [-0.4, -0.2) is 23.0 Å². The van der Waals surface area contributed by atoms with Gasteiger partial charge in [-0.25, -0.2) is 0 Å². The molecule has 0 aliphatic carbocycles. The lowest BCUT2D eigenvalue weighted by Gasteiger charge is -2.20. The lowest BCUT2D eigenvalue weighted by atomic mass is 10.0. The summed E-state index contributed by atoms with van der Waals surface area (Å²) in [7, 11) is 0. The summed E-state index contributed by atoms with van der Waals surface area (Å²) in [5.74, 6) is -0.329. The highest BCUT2D eigenvalue weighted by Gasteiger charge is 2.22. The number of rotatable bonds is 8. The third kappa shape index (κ3) is 6.69. The number of nitrogens with one attached hydrogen (secondary N) is 2. The number of carbonyl (C=O) groups is 2. The zero-order valence-electron chi connectivity index (χ0n) is 18.0. The van der Waals surface area contributed by atoms with Crippen LogP contribution < -0.4 is 10.6 Å². The van der Waals surface area contributed by atoms with Gasteiger partial charge >= 0.3 is 0 Å². The van der Waals surface area contributed by atoms with Crippen LogP contribution in [0.4, 0.5) is 0 Å². The van der Waals surface area contributed by atoms with Crippen LogP contribution in [0.3, 0.4) is 0 Å². The van der Waals surface area contributed by atoms with E-state index in [0.717, 1.165) is 16.9 Å². The highest BCUT2D eigenvalue weighted by atomic mass is 32.1. The maximum Gasteiger partial charge on any atom is 0.243 e. The monoisotopic (exact) mass is 436 g/mol. The van der Waals surface area contributed by atoms with Crippen LogP contribution in [0.5, 0.6) is 5.75 Å². The molecule has 5 nitrogen and oxygen atoms in total. The molecule has 2 atom stereocenters. The summed E-state index contributed by atoms with van der Waals surface area (Å²) in [6, 6.07) is 18.4. The van der Waals surface area contributed by atoms with Crippen LogP contribution in [0.1, 0.15) is 46.3 Å². The zero-order chi connectivity index (χ0) is 22.4. The Hall–Kier alpha value is -3.12. The molecule has 162 valence electrons. The predicted octanol–water partition coefficient (Wildman–Crippen LogP) is 4.28. The second-order valence-corrected chi connectivity index (χ2v) is 9.02. The van der Waals surface area contributed by atoms with Crippen molar-refractivity contribution in [3.63, 3.8) is 0 Å². The first-order valence-corrected chi connectivity index (χ1v) is 11.1. The molecule has 0 saturated heterocycles. The number of hydrogen-bond acceptors (Lipinski definition) is 4. The first-order valence-electron chi connectivity index (χ1n) is 10.3. The van der Waals surface area contributed by atoms with Crippen LogP contribution >= 0.6 is 11.3 Å². The van der Waals surface area contributed by atoms with Crippen molar-refractivity contribution in [2.24, 2.45) is 0 Å². The Morgan fingerprint density at radius 2 is 1.58 bits per heavy atom. The van der Waals surface area contributed by atoms with Gasteiger partial charge in [-0.2, -0.15) is 0 Å². The van der Waals surface area contributed by atoms with Crippen LogP contribution in [-0.2, 0) is 22.4 Å². The van der Waals surface area contributed by atoms with Gasteiger partial charge < -0.3 is 15.7 Å². The maximum absolute atomic E-state index is 12.9. The molecule has 6 heteroatoms. The van der Waals surface area contributed by atoms with Gasteiger partial charge in [0.05, 0.1) is 6.04 Å². The number of carbonyl (C=O) groups excluding carboxylic acids is 2. The normalized spacial score (nSPS) is 12.7. The SMILES string of the molecule is CC(=O)NC(Cc1ccc(O)cc1)C(=O)NC(C)c1ccc(Cc2ccc(C)cc2)s1. The van der Waals surface area contributed by atoms with E-state index in [4.69, 9.17) is 0 Å². The quantitative estimate of drug-likeness (QED) is 0.493. The Morgan fingerprint density at radius 1 is 0.935 bits per heavy atom. The second-order valence-electron chi connectivity index (χ2n) is 7.82. The van der Waals surface area contributed by atoms with Gasteiger partial charge in [-0.1, -0.05) is 42.0 Å². The smallest absolute Gasteiger partial charge is 0.243 e. The molecule has 3 N–H and O–H groups in total. The van der Waals surface area contributed by atoms with E-state index in [2.05, 4.69) is 47.9 Å². The van der Waals surface area contributed by atoms with Gasteiger partial charge in [0.15, 0.2) is 0 Å². The average molecular weight is 437 g/mol. The van der Waals surface area contributed by atoms with Crippen molar-refractivity contribution in [2.45, 2.75) is 45.7 Å². The molecule has 0 radical (unpaired) electrons. The molecule has 2 amide bonds. The number of benzene rings is 2. The Kier molecular flexibility index (Phi) is 7.47. The van der Waals surface area contributed by atoms with Gasteiger partial charge in [0.25, 0.3) is 0 Å². The predicted molar refractivity (Wildman–Crippen MR) is 124 cm³/mol. The molecule has 31 heavy (non-hydrogen) atoms. The van der Waals surface area contributed by atoms with Crippen molar-refractivity contribution < 1.29 is 14.7 Å². The van der Waals surface area contributed by atoms with E-state index in [9.17, 15) is 14.7 Å². The molecule has 2 aromatic carbocycles. The minimum absolute atomic E-state index is 0.164. The van der Waals surface area contributed by atoms with Gasteiger partial charge in [0.1, 0.15) is 11.8 Å². The molecule has 0 saturated carbocycles. The highest BCUT2D eigenvalue weighted by Crippen LogP contribution is 2.25. The topological polar surface area (TPSA) is 78.4 Å². The second kappa shape index (κ2) is 10.3. The zero-order valence-corrected chi connectivity index (χ0v) is 18.8. The van der Waals surface area contributed by atoms with Gasteiger partial charge in [-0.05, 0) is 49.2 Å². The minimum atomic E-state index is -0.684. The number of hydrogen-bond donors (Lipinski definition) is 3. The van der Waals surface area contributed by atoms with Gasteiger partial charge in [0.2, 0.25) is 11.8 Å². The van der Waals surface area contributed by atoms with E-state index < -0.39 is 6.04 Å². The molecule has 0 aliphatic heterocycles. The number of aryl methyl sites for hydroxylation is 1. The number of thiophene rings is 1. The van der Waals surface area contributed by atoms with E-state index >= 15 is 0 Å². The molecule has 0 spiro atoms. The van der Waals surface area contributed by atoms with E-state index in [0.29, 0.717) is 6.42 Å². The summed E-state index contributed by atoms with van der Waals surface area (Å²) in [6.07, 6.45) is 1.21. The summed E-state index contributed by atoms with van der Waals surface area (Å²) < 4.78 is 0. The molecule has 2 unspecified atom stereocenters. The van der Waals surface area contributed by atoms with Gasteiger partial charge in [-0.3, -0.25) is 9.59 Å². The molecule has 0 fully saturated rings. The Balaban J connectivity index is 1.64. The van der Waals surface area contributed by atoms with Crippen LogP contribution in [0, 0.1) is 6.92 Å². The Labute approximate surface area is 187 Å². The lowest BCUT2D eigenvalue weighted by molar-refractivity contribution is -0.128. The molecule has 0 bridgehead atoms. The molecular formula is C25H28N2O3S. The summed E-state index contributed by atoms with van der Waals surface area (Å²) >= 11 is 1.68. The number of amides is 2. The van der Waals surface area contributed by atoms with Gasteiger partial charge in [0, 0.05) is 29.5 Å². The first kappa shape index (κ1) is 22.6. The van der Waals surface area contributed by atoms with Crippen molar-refractivity contribution in [1.29, 1.82) is 0 Å². The summed E-state index contributed by atoms with van der Waals surface area (Å²) in [4.78, 5) is 26.8. The molecule has 0 aliphatic rings. The van der Waals surface area contributed by atoms with E-state index in [1.165, 1.54) is 22.9 Å². The number of phenolic OH excluding ortho intramolecular Hbond substituents is 1. The van der Waals surface area contributed by atoms with E-state index in [-0.39, 0.29) is 23.6 Å². The molecule has 1 aromatic heterocycles. The fraction of sp³-hybridized carbons (Fsp3) is 0.280. The fourth-order valence-electron chi connectivity index (χ4n) is 3.34. The number of aromatic hydroxyl groups is 1. The molecular weight excluding hydrogens is 408 g/mol. The largest absolute Gasteiger partial charge is 0.508 e. The maximum atomic E-state index is 12.9. The van der Waals surface area contributed by atoms with Crippen molar-refractivity contribution in [2.75, 3.05) is 0 Å². The molecule has 3 rings (SSSR count). The third-order valence-electron chi connectivity index (χ3n) is 5.04. The van der Waals surface area contributed by atoms with Crippen LogP contribution in [0.25, 0.3) is 0 Å². The standard InChI is InChI=1S/C25H28N2O3S/c1-16-4-6-19(7-5-16)14-22-12-13-24(31-22)17(2)26-25(30)23(27-18(3)28)15-20-8-10-21(29)11-9-20/h4-13,17,23,29H,14-15H2,1-3H3,(H,26,30)(H,27,28). The minimum Gasteiger partial charge on any atom is -0.508 e. The number of phenols is 1. The highest BCUT2D eigenvalue weighted by molar-refractivity contribution is 7.12. The average Bonchev–Trinajstić information content (AvgIpc) is 3.19. The summed E-state index contributed by atoms with van der Waals surface area (Å²) in [5, 5.41) is 15.2. The van der Waals surface area contributed by atoms with Crippen molar-refractivity contribution in [1.82, 2.24) is 10.6 Å². The van der Waals surface area contributed by atoms with Crippen LogP contribution in [0.2, 0.25) is 0 Å². The Morgan fingerprint density at radius 3 is 2.23 bits per heavy atom. The molecule has 1 heterocycles. The summed E-state index contributed by atoms with van der Waals surface area (Å²) in [6.45, 7) is 5.43. The van der Waals surface area contributed by atoms with E-state index in [1.807, 2.05) is 13.0 Å². The summed E-state index contributed by atoms with van der Waals surface area (Å²) in [5.41, 5.74) is 3.36. The Bertz CT molecular complexity index is 1030. The third-order valence-corrected chi connectivity index (χ3v) is 6.31. The van der Waals surface area contributed by atoms with Crippen molar-refractivity contribution >= 4 is 23.2 Å².